The minimum absolute atomic E-state index is 0.320. The second kappa shape index (κ2) is 7.02. The maximum absolute atomic E-state index is 11.6. The van der Waals surface area contributed by atoms with Gasteiger partial charge in [0.1, 0.15) is 0 Å². The van der Waals surface area contributed by atoms with E-state index in [1.165, 1.54) is 0 Å². The van der Waals surface area contributed by atoms with Gasteiger partial charge in [-0.05, 0) is 93.7 Å². The number of hydrogen-bond donors (Lipinski definition) is 0. The molecule has 0 saturated heterocycles. The first-order valence-corrected chi connectivity index (χ1v) is 7.66. The summed E-state index contributed by atoms with van der Waals surface area (Å²) in [5.74, 6) is -1.42. The molecule has 0 amide bonds. The Kier molecular flexibility index (Phi) is 5.35. The molecule has 0 aromatic heterocycles. The molecule has 0 aliphatic heterocycles. The van der Waals surface area contributed by atoms with E-state index in [-0.39, 0.29) is 0 Å². The maximum atomic E-state index is 11.6. The minimum Gasteiger partial charge on any atom is -0.242 e. The third-order valence-electron chi connectivity index (χ3n) is 2.35. The van der Waals surface area contributed by atoms with Crippen LogP contribution in [0.15, 0.2) is 48.5 Å². The van der Waals surface area contributed by atoms with Crippen LogP contribution in [-0.4, -0.2) is 11.9 Å². The first-order chi connectivity index (χ1) is 9.56. The predicted octanol–water partition coefficient (Wildman–Crippen LogP) is 3.82. The third-order valence-corrected chi connectivity index (χ3v) is 3.79. The zero-order valence-corrected chi connectivity index (χ0v) is 14.3. The summed E-state index contributed by atoms with van der Waals surface area (Å²) >= 11 is 4.25. The van der Waals surface area contributed by atoms with Crippen molar-refractivity contribution in [2.45, 2.75) is 0 Å². The van der Waals surface area contributed by atoms with Crippen molar-refractivity contribution in [3.8, 4) is 0 Å². The molecular weight excluding hydrogens is 486 g/mol. The fourth-order valence-corrected chi connectivity index (χ4v) is 2.06. The highest BCUT2D eigenvalue weighted by Crippen LogP contribution is 2.10. The molecule has 4 nitrogen and oxygen atoms in total. The summed E-state index contributed by atoms with van der Waals surface area (Å²) in [5.41, 5.74) is 0.640. The van der Waals surface area contributed by atoms with Crippen LogP contribution in [0, 0.1) is 7.14 Å². The van der Waals surface area contributed by atoms with E-state index in [9.17, 15) is 9.59 Å². The van der Waals surface area contributed by atoms with E-state index in [0.29, 0.717) is 11.1 Å². The minimum atomic E-state index is -0.708. The summed E-state index contributed by atoms with van der Waals surface area (Å²) in [6.45, 7) is 0. The van der Waals surface area contributed by atoms with Gasteiger partial charge in [0.05, 0.1) is 11.1 Å². The van der Waals surface area contributed by atoms with Crippen LogP contribution in [0.4, 0.5) is 0 Å². The number of carbonyl (C=O) groups is 2. The van der Waals surface area contributed by atoms with Gasteiger partial charge < -0.3 is 0 Å². The summed E-state index contributed by atoms with van der Waals surface area (Å²) < 4.78 is 1.99. The van der Waals surface area contributed by atoms with E-state index in [1.54, 1.807) is 48.5 Å². The molecule has 0 N–H and O–H groups in total. The average molecular weight is 494 g/mol. The van der Waals surface area contributed by atoms with Crippen molar-refractivity contribution in [3.63, 3.8) is 0 Å². The van der Waals surface area contributed by atoms with E-state index in [1.807, 2.05) is 0 Å². The molecule has 2 aromatic carbocycles. The molecule has 0 fully saturated rings. The van der Waals surface area contributed by atoms with Crippen LogP contribution >= 0.6 is 45.2 Å². The van der Waals surface area contributed by atoms with E-state index < -0.39 is 11.9 Å². The van der Waals surface area contributed by atoms with Gasteiger partial charge in [0.25, 0.3) is 0 Å². The number of benzene rings is 2. The SMILES string of the molecule is O=C(OOC(=O)c1ccc(I)cc1)c1ccc(I)cc1. The molecule has 2 rings (SSSR count). The largest absolute Gasteiger partial charge is 0.386 e. The molecule has 6 heteroatoms. The Bertz CT molecular complexity index is 563. The molecule has 0 aliphatic carbocycles. The highest BCUT2D eigenvalue weighted by Gasteiger charge is 2.13. The Balaban J connectivity index is 1.94. The monoisotopic (exact) mass is 494 g/mol. The number of hydrogen-bond acceptors (Lipinski definition) is 4. The van der Waals surface area contributed by atoms with Crippen molar-refractivity contribution < 1.29 is 19.4 Å². The normalized spacial score (nSPS) is 9.90. The van der Waals surface area contributed by atoms with Crippen molar-refractivity contribution in [2.75, 3.05) is 0 Å². The average Bonchev–Trinajstić information content (AvgIpc) is 2.46. The van der Waals surface area contributed by atoms with Gasteiger partial charge in [-0.1, -0.05) is 0 Å². The van der Waals surface area contributed by atoms with Gasteiger partial charge in [0, 0.05) is 7.14 Å². The highest BCUT2D eigenvalue weighted by molar-refractivity contribution is 14.1. The molecule has 0 spiro atoms. The molecular formula is C14H8I2O4. The van der Waals surface area contributed by atoms with Crippen molar-refractivity contribution in [1.82, 2.24) is 0 Å². The lowest BCUT2D eigenvalue weighted by Crippen LogP contribution is -2.11. The van der Waals surface area contributed by atoms with Crippen LogP contribution in [0.25, 0.3) is 0 Å². The zero-order valence-electron chi connectivity index (χ0n) is 10.0. The van der Waals surface area contributed by atoms with Crippen LogP contribution in [0.5, 0.6) is 0 Å². The third kappa shape index (κ3) is 4.17. The van der Waals surface area contributed by atoms with E-state index in [2.05, 4.69) is 55.0 Å². The van der Waals surface area contributed by atoms with Crippen LogP contribution < -0.4 is 0 Å². The first kappa shape index (κ1) is 15.2. The molecule has 20 heavy (non-hydrogen) atoms. The van der Waals surface area contributed by atoms with Gasteiger partial charge in [-0.25, -0.2) is 19.4 Å². The van der Waals surface area contributed by atoms with Gasteiger partial charge in [0.2, 0.25) is 0 Å². The van der Waals surface area contributed by atoms with Crippen LogP contribution in [0.3, 0.4) is 0 Å². The van der Waals surface area contributed by atoms with Crippen LogP contribution in [0.1, 0.15) is 20.7 Å². The second-order valence-corrected chi connectivity index (χ2v) is 6.25. The molecule has 0 atom stereocenters. The first-order valence-electron chi connectivity index (χ1n) is 5.50. The van der Waals surface area contributed by atoms with Crippen LogP contribution in [-0.2, 0) is 9.78 Å². The van der Waals surface area contributed by atoms with Crippen molar-refractivity contribution in [1.29, 1.82) is 0 Å². The standard InChI is InChI=1S/C14H8I2O4/c15-11-5-1-9(2-6-11)13(17)19-20-14(18)10-3-7-12(16)8-4-10/h1-8H. The highest BCUT2D eigenvalue weighted by atomic mass is 127. The summed E-state index contributed by atoms with van der Waals surface area (Å²) in [6, 6.07) is 13.4. The summed E-state index contributed by atoms with van der Waals surface area (Å²) in [7, 11) is 0. The Morgan fingerprint density at radius 1 is 0.650 bits per heavy atom. The summed E-state index contributed by atoms with van der Waals surface area (Å²) in [6.07, 6.45) is 0. The fourth-order valence-electron chi connectivity index (χ4n) is 1.34. The second-order valence-electron chi connectivity index (χ2n) is 3.76. The Hall–Kier alpha value is -1.16. The molecule has 102 valence electrons. The zero-order chi connectivity index (χ0) is 14.5. The van der Waals surface area contributed by atoms with Gasteiger partial charge in [0.15, 0.2) is 0 Å². The Morgan fingerprint density at radius 3 is 1.25 bits per heavy atom. The lowest BCUT2D eigenvalue weighted by molar-refractivity contribution is -0.187. The van der Waals surface area contributed by atoms with Crippen molar-refractivity contribution in [3.05, 3.63) is 66.8 Å². The lowest BCUT2D eigenvalue weighted by Gasteiger charge is -2.03. The maximum Gasteiger partial charge on any atom is 0.386 e. The van der Waals surface area contributed by atoms with Crippen LogP contribution in [0.2, 0.25) is 0 Å². The Labute approximate surface area is 142 Å². The molecule has 0 radical (unpaired) electrons. The van der Waals surface area contributed by atoms with Crippen molar-refractivity contribution in [2.24, 2.45) is 0 Å². The topological polar surface area (TPSA) is 52.6 Å². The van der Waals surface area contributed by atoms with Gasteiger partial charge in [-0.15, -0.1) is 0 Å². The quantitative estimate of drug-likeness (QED) is 0.362. The number of halogens is 2. The summed E-state index contributed by atoms with van der Waals surface area (Å²) in [4.78, 5) is 32.3. The lowest BCUT2D eigenvalue weighted by atomic mass is 10.2. The molecule has 0 saturated carbocycles. The van der Waals surface area contributed by atoms with E-state index in [0.717, 1.165) is 7.14 Å². The van der Waals surface area contributed by atoms with Gasteiger partial charge >= 0.3 is 11.9 Å². The van der Waals surface area contributed by atoms with Gasteiger partial charge in [-0.3, -0.25) is 0 Å². The van der Waals surface area contributed by atoms with E-state index >= 15 is 0 Å². The smallest absolute Gasteiger partial charge is 0.242 e. The molecule has 0 bridgehead atoms. The molecule has 0 unspecified atom stereocenters. The predicted molar refractivity (Wildman–Crippen MR) is 89.1 cm³/mol. The van der Waals surface area contributed by atoms with Gasteiger partial charge in [-0.2, -0.15) is 0 Å². The number of carbonyl (C=O) groups excluding carboxylic acids is 2. The number of rotatable bonds is 2. The fraction of sp³-hybridized carbons (Fsp3) is 0. The molecule has 0 aliphatic rings. The van der Waals surface area contributed by atoms with Crippen molar-refractivity contribution >= 4 is 57.1 Å². The Morgan fingerprint density at radius 2 is 0.950 bits per heavy atom. The molecule has 0 heterocycles. The molecule has 2 aromatic rings. The van der Waals surface area contributed by atoms with E-state index in [4.69, 9.17) is 0 Å². The summed E-state index contributed by atoms with van der Waals surface area (Å²) in [5, 5.41) is 0.